The van der Waals surface area contributed by atoms with Crippen LogP contribution in [0, 0.1) is 6.92 Å². The molecule has 1 aromatic rings. The minimum absolute atomic E-state index is 0.220. The molecule has 0 saturated carbocycles. The highest BCUT2D eigenvalue weighted by Gasteiger charge is 2.15. The number of hydrogen-bond donors (Lipinski definition) is 3. The molecule has 0 atom stereocenters. The van der Waals surface area contributed by atoms with E-state index in [2.05, 4.69) is 27.8 Å². The first-order valence-corrected chi connectivity index (χ1v) is 6.19. The zero-order valence-corrected chi connectivity index (χ0v) is 11.8. The van der Waals surface area contributed by atoms with Gasteiger partial charge in [-0.1, -0.05) is 0 Å². The molecule has 0 aromatic carbocycles. The number of aromatic carboxylic acids is 1. The standard InChI is InChI=1S/C12H19N3O2S/c1-8-11(12(16)17)9(7-10(18)14-8)13-5-4-6-15(2)3/h7H,4-6H2,1-3H3,(H,16,17)(H2,13,14,18). The maximum atomic E-state index is 11.2. The van der Waals surface area contributed by atoms with Gasteiger partial charge in [-0.3, -0.25) is 0 Å². The molecule has 18 heavy (non-hydrogen) atoms. The molecular weight excluding hydrogens is 250 g/mol. The number of pyridine rings is 1. The Bertz CT molecular complexity index is 436. The summed E-state index contributed by atoms with van der Waals surface area (Å²) in [6, 6.07) is 1.65. The van der Waals surface area contributed by atoms with Gasteiger partial charge in [0, 0.05) is 6.54 Å². The summed E-state index contributed by atoms with van der Waals surface area (Å²) < 4.78 is 0. The first kappa shape index (κ1) is 14.8. The monoisotopic (exact) mass is 269 g/mol. The fourth-order valence-electron chi connectivity index (χ4n) is 1.68. The van der Waals surface area contributed by atoms with Crippen LogP contribution in [0.5, 0.6) is 0 Å². The van der Waals surface area contributed by atoms with Crippen molar-refractivity contribution in [3.63, 3.8) is 0 Å². The molecule has 0 bridgehead atoms. The first-order valence-electron chi connectivity index (χ1n) is 5.74. The Labute approximate surface area is 113 Å². The molecule has 6 heteroatoms. The summed E-state index contributed by atoms with van der Waals surface area (Å²) in [6.45, 7) is 3.34. The maximum absolute atomic E-state index is 11.2. The number of anilines is 1. The van der Waals surface area contributed by atoms with Crippen molar-refractivity contribution >= 4 is 24.3 Å². The van der Waals surface area contributed by atoms with Gasteiger partial charge in [0.1, 0.15) is 5.56 Å². The summed E-state index contributed by atoms with van der Waals surface area (Å²) in [5.41, 5.74) is 1.28. The lowest BCUT2D eigenvalue weighted by Gasteiger charge is -2.13. The topological polar surface area (TPSA) is 65.5 Å². The molecule has 2 N–H and O–H groups in total. The number of hydrogen-bond acceptors (Lipinski definition) is 5. The molecule has 0 aliphatic carbocycles. The van der Waals surface area contributed by atoms with Crippen LogP contribution in [0.15, 0.2) is 11.1 Å². The molecule has 0 aliphatic heterocycles. The zero-order chi connectivity index (χ0) is 13.7. The van der Waals surface area contributed by atoms with Crippen molar-refractivity contribution in [1.82, 2.24) is 9.88 Å². The van der Waals surface area contributed by atoms with Gasteiger partial charge in [0.25, 0.3) is 0 Å². The Balaban J connectivity index is 2.77. The lowest BCUT2D eigenvalue weighted by molar-refractivity contribution is 0.0696. The van der Waals surface area contributed by atoms with Gasteiger partial charge in [-0.05, 0) is 40.1 Å². The largest absolute Gasteiger partial charge is 0.478 e. The number of nitrogens with zero attached hydrogens (tertiary/aromatic N) is 2. The van der Waals surface area contributed by atoms with Crippen molar-refractivity contribution in [3.05, 3.63) is 17.3 Å². The fourth-order valence-corrected chi connectivity index (χ4v) is 1.96. The third-order valence-corrected chi connectivity index (χ3v) is 2.73. The highest BCUT2D eigenvalue weighted by atomic mass is 32.1. The summed E-state index contributed by atoms with van der Waals surface area (Å²) in [5.74, 6) is -0.969. The number of carbonyl (C=O) groups is 1. The molecule has 1 rings (SSSR count). The predicted octanol–water partition coefficient (Wildman–Crippen LogP) is 1.74. The molecule has 0 amide bonds. The second-order valence-corrected chi connectivity index (χ2v) is 4.84. The molecule has 0 unspecified atom stereocenters. The van der Waals surface area contributed by atoms with Crippen molar-refractivity contribution in [2.45, 2.75) is 18.4 Å². The molecule has 0 fully saturated rings. The minimum Gasteiger partial charge on any atom is -0.478 e. The Morgan fingerprint density at radius 1 is 1.56 bits per heavy atom. The van der Waals surface area contributed by atoms with E-state index in [0.717, 1.165) is 19.5 Å². The minimum atomic E-state index is -0.969. The second-order valence-electron chi connectivity index (χ2n) is 4.38. The Hall–Kier alpha value is -1.27. The van der Waals surface area contributed by atoms with Gasteiger partial charge >= 0.3 is 5.97 Å². The number of carboxylic acid groups (broad SMARTS) is 1. The van der Waals surface area contributed by atoms with Crippen LogP contribution in [0.2, 0.25) is 0 Å². The van der Waals surface area contributed by atoms with Crippen LogP contribution < -0.4 is 5.32 Å². The van der Waals surface area contributed by atoms with E-state index in [4.69, 9.17) is 5.11 Å². The van der Waals surface area contributed by atoms with E-state index in [1.54, 1.807) is 13.0 Å². The van der Waals surface area contributed by atoms with Crippen LogP contribution in [0.1, 0.15) is 22.5 Å². The van der Waals surface area contributed by atoms with E-state index < -0.39 is 5.97 Å². The van der Waals surface area contributed by atoms with Gasteiger partial charge in [-0.15, -0.1) is 12.6 Å². The van der Waals surface area contributed by atoms with E-state index in [9.17, 15) is 4.79 Å². The molecular formula is C12H19N3O2S. The molecule has 0 spiro atoms. The van der Waals surface area contributed by atoms with Crippen molar-refractivity contribution in [1.29, 1.82) is 0 Å². The molecule has 0 radical (unpaired) electrons. The predicted molar refractivity (Wildman–Crippen MR) is 74.8 cm³/mol. The lowest BCUT2D eigenvalue weighted by atomic mass is 10.1. The van der Waals surface area contributed by atoms with Gasteiger partial charge in [0.05, 0.1) is 16.4 Å². The van der Waals surface area contributed by atoms with E-state index in [-0.39, 0.29) is 5.56 Å². The quantitative estimate of drug-likeness (QED) is 0.542. The van der Waals surface area contributed by atoms with Crippen molar-refractivity contribution < 1.29 is 9.90 Å². The average molecular weight is 269 g/mol. The van der Waals surface area contributed by atoms with Crippen LogP contribution in [0.3, 0.4) is 0 Å². The molecule has 0 saturated heterocycles. The van der Waals surface area contributed by atoms with Gasteiger partial charge in [0.2, 0.25) is 0 Å². The number of aromatic nitrogens is 1. The van der Waals surface area contributed by atoms with Crippen molar-refractivity contribution in [3.8, 4) is 0 Å². The molecule has 5 nitrogen and oxygen atoms in total. The maximum Gasteiger partial charge on any atom is 0.339 e. The first-order chi connectivity index (χ1) is 8.41. The van der Waals surface area contributed by atoms with Crippen LogP contribution in [0.25, 0.3) is 0 Å². The highest BCUT2D eigenvalue weighted by Crippen LogP contribution is 2.21. The fraction of sp³-hybridized carbons (Fsp3) is 0.500. The van der Waals surface area contributed by atoms with E-state index >= 15 is 0 Å². The normalized spacial score (nSPS) is 10.7. The number of rotatable bonds is 6. The Morgan fingerprint density at radius 3 is 2.78 bits per heavy atom. The highest BCUT2D eigenvalue weighted by molar-refractivity contribution is 7.80. The van der Waals surface area contributed by atoms with Crippen LogP contribution in [0.4, 0.5) is 5.69 Å². The zero-order valence-electron chi connectivity index (χ0n) is 10.9. The molecule has 1 heterocycles. The lowest BCUT2D eigenvalue weighted by Crippen LogP contribution is -2.17. The second kappa shape index (κ2) is 6.61. The van der Waals surface area contributed by atoms with Gasteiger partial charge in [-0.2, -0.15) is 0 Å². The van der Waals surface area contributed by atoms with Gasteiger partial charge < -0.3 is 15.3 Å². The summed E-state index contributed by atoms with van der Waals surface area (Å²) >= 11 is 4.16. The number of carboxylic acids is 1. The van der Waals surface area contributed by atoms with Gasteiger partial charge in [-0.25, -0.2) is 9.78 Å². The van der Waals surface area contributed by atoms with E-state index in [1.807, 2.05) is 14.1 Å². The number of thiol groups is 1. The van der Waals surface area contributed by atoms with E-state index in [1.165, 1.54) is 0 Å². The SMILES string of the molecule is Cc1nc(S)cc(NCCCN(C)C)c1C(=O)O. The summed E-state index contributed by atoms with van der Waals surface area (Å²) in [4.78, 5) is 17.3. The smallest absolute Gasteiger partial charge is 0.339 e. The Morgan fingerprint density at radius 2 is 2.22 bits per heavy atom. The number of aryl methyl sites for hydroxylation is 1. The Kier molecular flexibility index (Phi) is 5.43. The summed E-state index contributed by atoms with van der Waals surface area (Å²) in [7, 11) is 4.01. The van der Waals surface area contributed by atoms with E-state index in [0.29, 0.717) is 16.4 Å². The molecule has 100 valence electrons. The van der Waals surface area contributed by atoms with Crippen molar-refractivity contribution in [2.24, 2.45) is 0 Å². The van der Waals surface area contributed by atoms with Crippen LogP contribution >= 0.6 is 12.6 Å². The third kappa shape index (κ3) is 4.19. The third-order valence-electron chi connectivity index (χ3n) is 2.50. The molecule has 0 aliphatic rings. The van der Waals surface area contributed by atoms with Crippen molar-refractivity contribution in [2.75, 3.05) is 32.5 Å². The van der Waals surface area contributed by atoms with Crippen LogP contribution in [-0.2, 0) is 0 Å². The molecule has 1 aromatic heterocycles. The summed E-state index contributed by atoms with van der Waals surface area (Å²) in [5, 5.41) is 12.8. The van der Waals surface area contributed by atoms with Gasteiger partial charge in [0.15, 0.2) is 0 Å². The average Bonchev–Trinajstić information content (AvgIpc) is 2.22. The summed E-state index contributed by atoms with van der Waals surface area (Å²) in [6.07, 6.45) is 0.940. The number of nitrogens with one attached hydrogen (secondary N) is 1. The van der Waals surface area contributed by atoms with Crippen LogP contribution in [-0.4, -0.2) is 48.1 Å².